The van der Waals surface area contributed by atoms with Crippen LogP contribution >= 0.6 is 0 Å². The number of hydrogen-bond donors (Lipinski definition) is 1. The molecule has 0 saturated heterocycles. The van der Waals surface area contributed by atoms with Crippen LogP contribution in [0.15, 0.2) is 30.6 Å². The lowest BCUT2D eigenvalue weighted by Crippen LogP contribution is -2.27. The second kappa shape index (κ2) is 5.18. The molecule has 1 amide bonds. The lowest BCUT2D eigenvalue weighted by Gasteiger charge is -2.22. The minimum Gasteiger partial charge on any atom is -0.465 e. The largest absolute Gasteiger partial charge is 0.465 e. The molecule has 0 fully saturated rings. The first-order valence-electron chi connectivity index (χ1n) is 6.91. The Morgan fingerprint density at radius 1 is 1.41 bits per heavy atom. The minimum absolute atomic E-state index is 0.0338. The van der Waals surface area contributed by atoms with Gasteiger partial charge in [0.25, 0.3) is 5.69 Å². The number of fused-ring (bicyclic) bond motifs is 1. The lowest BCUT2D eigenvalue weighted by molar-refractivity contribution is -0.384. The molecular weight excluding hydrogens is 286 g/mol. The zero-order chi connectivity index (χ0) is 15.9. The van der Waals surface area contributed by atoms with Gasteiger partial charge in [0.15, 0.2) is 0 Å². The number of aryl methyl sites for hydroxylation is 1. The highest BCUT2D eigenvalue weighted by atomic mass is 16.6. The van der Waals surface area contributed by atoms with Crippen molar-refractivity contribution in [1.82, 2.24) is 9.47 Å². The van der Waals surface area contributed by atoms with E-state index in [0.717, 1.165) is 34.9 Å². The fourth-order valence-corrected chi connectivity index (χ4v) is 2.86. The van der Waals surface area contributed by atoms with Gasteiger partial charge in [0.1, 0.15) is 0 Å². The molecule has 114 valence electrons. The molecule has 7 heteroatoms. The third-order valence-corrected chi connectivity index (χ3v) is 3.93. The van der Waals surface area contributed by atoms with E-state index in [0.29, 0.717) is 6.54 Å². The van der Waals surface area contributed by atoms with Gasteiger partial charge in [0, 0.05) is 54.6 Å². The molecule has 7 nitrogen and oxygen atoms in total. The highest BCUT2D eigenvalue weighted by molar-refractivity contribution is 5.95. The van der Waals surface area contributed by atoms with E-state index in [4.69, 9.17) is 5.11 Å². The predicted molar refractivity (Wildman–Crippen MR) is 81.5 cm³/mol. The van der Waals surface area contributed by atoms with Crippen LogP contribution in [-0.4, -0.2) is 32.1 Å². The molecule has 1 aromatic heterocycles. The van der Waals surface area contributed by atoms with Crippen molar-refractivity contribution in [1.29, 1.82) is 0 Å². The summed E-state index contributed by atoms with van der Waals surface area (Å²) in [6, 6.07) is 4.74. The topological polar surface area (TPSA) is 88.6 Å². The van der Waals surface area contributed by atoms with E-state index in [-0.39, 0.29) is 5.69 Å². The number of nitrogens with zero attached hydrogens (tertiary/aromatic N) is 3. The van der Waals surface area contributed by atoms with Crippen molar-refractivity contribution in [2.45, 2.75) is 12.8 Å². The van der Waals surface area contributed by atoms with Gasteiger partial charge in [-0.15, -0.1) is 0 Å². The fraction of sp³-hybridized carbons (Fsp3) is 0.267. The summed E-state index contributed by atoms with van der Waals surface area (Å²) in [5.74, 6) is 0. The number of benzene rings is 1. The van der Waals surface area contributed by atoms with Crippen LogP contribution in [0, 0.1) is 10.1 Å². The number of carbonyl (C=O) groups is 1. The summed E-state index contributed by atoms with van der Waals surface area (Å²) in [5.41, 5.74) is 2.66. The molecule has 1 N–H and O–H groups in total. The number of aromatic nitrogens is 1. The van der Waals surface area contributed by atoms with Crippen LogP contribution in [-0.2, 0) is 7.05 Å². The fourth-order valence-electron chi connectivity index (χ4n) is 2.86. The molecule has 0 unspecified atom stereocenters. The summed E-state index contributed by atoms with van der Waals surface area (Å²) in [5, 5.41) is 20.9. The van der Waals surface area contributed by atoms with Crippen molar-refractivity contribution in [3.63, 3.8) is 0 Å². The Bertz CT molecular complexity index is 806. The van der Waals surface area contributed by atoms with Crippen LogP contribution in [0.1, 0.15) is 18.4 Å². The zero-order valence-corrected chi connectivity index (χ0v) is 12.0. The van der Waals surface area contributed by atoms with Gasteiger partial charge in [0.2, 0.25) is 0 Å². The number of nitro groups is 1. The predicted octanol–water partition coefficient (Wildman–Crippen LogP) is 3.20. The summed E-state index contributed by atoms with van der Waals surface area (Å²) in [6.45, 7) is 0.476. The van der Waals surface area contributed by atoms with Crippen molar-refractivity contribution >= 4 is 28.3 Å². The van der Waals surface area contributed by atoms with Crippen LogP contribution < -0.4 is 0 Å². The quantitative estimate of drug-likeness (QED) is 0.681. The zero-order valence-electron chi connectivity index (χ0n) is 12.0. The summed E-state index contributed by atoms with van der Waals surface area (Å²) >= 11 is 0. The maximum atomic E-state index is 11.1. The third kappa shape index (κ3) is 2.30. The first-order valence-corrected chi connectivity index (χ1v) is 6.91. The van der Waals surface area contributed by atoms with Crippen molar-refractivity contribution in [2.75, 3.05) is 6.54 Å². The minimum atomic E-state index is -0.983. The van der Waals surface area contributed by atoms with E-state index < -0.39 is 11.0 Å². The molecule has 1 aliphatic rings. The van der Waals surface area contributed by atoms with Gasteiger partial charge in [-0.3, -0.25) is 15.0 Å². The van der Waals surface area contributed by atoms with E-state index in [1.54, 1.807) is 18.3 Å². The number of hydrogen-bond acceptors (Lipinski definition) is 3. The number of allylic oxidation sites excluding steroid dienone is 1. The SMILES string of the molecule is Cn1cc(C2=CN(C(=O)O)CCC2)c2cc([N+](=O)[O-])ccc21. The number of nitro benzene ring substituents is 1. The molecule has 0 spiro atoms. The van der Waals surface area contributed by atoms with E-state index in [9.17, 15) is 14.9 Å². The van der Waals surface area contributed by atoms with Crippen LogP contribution in [0.4, 0.5) is 10.5 Å². The molecule has 22 heavy (non-hydrogen) atoms. The summed E-state index contributed by atoms with van der Waals surface area (Å²) < 4.78 is 1.90. The molecule has 0 saturated carbocycles. The van der Waals surface area contributed by atoms with Crippen LogP contribution in [0.25, 0.3) is 16.5 Å². The normalized spacial score (nSPS) is 15.0. The number of non-ortho nitro benzene ring substituents is 1. The Kier molecular flexibility index (Phi) is 3.32. The Hall–Kier alpha value is -2.83. The Labute approximate surface area is 126 Å². The lowest BCUT2D eigenvalue weighted by atomic mass is 9.98. The highest BCUT2D eigenvalue weighted by Crippen LogP contribution is 2.33. The molecule has 0 atom stereocenters. The maximum Gasteiger partial charge on any atom is 0.411 e. The maximum absolute atomic E-state index is 11.1. The average Bonchev–Trinajstić information content (AvgIpc) is 2.84. The van der Waals surface area contributed by atoms with Gasteiger partial charge in [-0.05, 0) is 24.5 Å². The smallest absolute Gasteiger partial charge is 0.411 e. The second-order valence-electron chi connectivity index (χ2n) is 5.35. The monoisotopic (exact) mass is 301 g/mol. The average molecular weight is 301 g/mol. The molecule has 2 aromatic rings. The molecule has 3 rings (SSSR count). The van der Waals surface area contributed by atoms with Gasteiger partial charge < -0.3 is 9.67 Å². The Balaban J connectivity index is 2.16. The summed E-state index contributed by atoms with van der Waals surface area (Å²) in [4.78, 5) is 22.9. The molecule has 0 radical (unpaired) electrons. The second-order valence-corrected chi connectivity index (χ2v) is 5.35. The summed E-state index contributed by atoms with van der Waals surface area (Å²) in [6.07, 6.45) is 4.03. The Morgan fingerprint density at radius 3 is 2.86 bits per heavy atom. The molecule has 0 bridgehead atoms. The van der Waals surface area contributed by atoms with Gasteiger partial charge in [-0.2, -0.15) is 0 Å². The molecule has 1 aliphatic heterocycles. The Morgan fingerprint density at radius 2 is 2.18 bits per heavy atom. The molecular formula is C15H15N3O4. The number of carboxylic acid groups (broad SMARTS) is 1. The first kappa shape index (κ1) is 14.1. The van der Waals surface area contributed by atoms with Gasteiger partial charge >= 0.3 is 6.09 Å². The van der Waals surface area contributed by atoms with Crippen LogP contribution in [0.5, 0.6) is 0 Å². The van der Waals surface area contributed by atoms with Gasteiger partial charge in [-0.1, -0.05) is 0 Å². The van der Waals surface area contributed by atoms with E-state index in [2.05, 4.69) is 0 Å². The molecule has 0 aliphatic carbocycles. The van der Waals surface area contributed by atoms with Gasteiger partial charge in [-0.25, -0.2) is 4.79 Å². The molecule has 2 heterocycles. The first-order chi connectivity index (χ1) is 10.5. The van der Waals surface area contributed by atoms with Gasteiger partial charge in [0.05, 0.1) is 4.92 Å². The molecule has 1 aromatic carbocycles. The van der Waals surface area contributed by atoms with Crippen LogP contribution in [0.3, 0.4) is 0 Å². The highest BCUT2D eigenvalue weighted by Gasteiger charge is 2.20. The van der Waals surface area contributed by atoms with Crippen molar-refractivity contribution in [3.05, 3.63) is 46.3 Å². The van der Waals surface area contributed by atoms with E-state index >= 15 is 0 Å². The standard InChI is InChI=1S/C15H15N3O4/c1-16-9-13(10-3-2-6-17(8-10)15(19)20)12-7-11(18(21)22)4-5-14(12)16/h4-5,7-9H,2-3,6H2,1H3,(H,19,20). The van der Waals surface area contributed by atoms with Crippen LogP contribution in [0.2, 0.25) is 0 Å². The van der Waals surface area contributed by atoms with Crippen molar-refractivity contribution in [3.8, 4) is 0 Å². The van der Waals surface area contributed by atoms with E-state index in [1.165, 1.54) is 11.0 Å². The summed E-state index contributed by atoms with van der Waals surface area (Å²) in [7, 11) is 1.87. The van der Waals surface area contributed by atoms with E-state index in [1.807, 2.05) is 17.8 Å². The third-order valence-electron chi connectivity index (χ3n) is 3.93. The van der Waals surface area contributed by atoms with Crippen molar-refractivity contribution in [2.24, 2.45) is 7.05 Å². The number of rotatable bonds is 2. The van der Waals surface area contributed by atoms with Crippen molar-refractivity contribution < 1.29 is 14.8 Å². The number of amides is 1.